The van der Waals surface area contributed by atoms with Gasteiger partial charge in [-0.2, -0.15) is 0 Å². The van der Waals surface area contributed by atoms with Crippen molar-refractivity contribution in [2.75, 3.05) is 18.0 Å². The van der Waals surface area contributed by atoms with E-state index in [1.54, 1.807) is 6.20 Å². The highest BCUT2D eigenvalue weighted by Crippen LogP contribution is 2.18. The summed E-state index contributed by atoms with van der Waals surface area (Å²) in [6.45, 7) is 6.37. The molecule has 3 rings (SSSR count). The molecule has 6 heteroatoms. The van der Waals surface area contributed by atoms with Gasteiger partial charge in [0.05, 0.1) is 6.20 Å². The predicted molar refractivity (Wildman–Crippen MR) is 75.0 cm³/mol. The molecule has 0 amide bonds. The van der Waals surface area contributed by atoms with E-state index in [-0.39, 0.29) is 0 Å². The van der Waals surface area contributed by atoms with Crippen LogP contribution in [-0.2, 0) is 0 Å². The Kier molecular flexibility index (Phi) is 2.99. The maximum absolute atomic E-state index is 4.63. The largest absolute Gasteiger partial charge is 0.352 e. The van der Waals surface area contributed by atoms with Crippen molar-refractivity contribution in [3.63, 3.8) is 0 Å². The third-order valence-electron chi connectivity index (χ3n) is 3.19. The first kappa shape index (κ1) is 11.9. The highest BCUT2D eigenvalue weighted by molar-refractivity contribution is 9.10. The molecule has 0 aliphatic carbocycles. The molecule has 0 spiro atoms. The summed E-state index contributed by atoms with van der Waals surface area (Å²) >= 11 is 3.46. The van der Waals surface area contributed by atoms with Crippen LogP contribution in [0.2, 0.25) is 0 Å². The highest BCUT2D eigenvalue weighted by atomic mass is 79.9. The molecule has 1 saturated heterocycles. The first-order valence-corrected chi connectivity index (χ1v) is 6.94. The van der Waals surface area contributed by atoms with Crippen molar-refractivity contribution in [1.82, 2.24) is 19.9 Å². The molecule has 0 unspecified atom stereocenters. The molecule has 1 aliphatic rings. The Morgan fingerprint density at radius 3 is 2.72 bits per heavy atom. The number of halogens is 1. The summed E-state index contributed by atoms with van der Waals surface area (Å²) in [5.74, 6) is 1.00. The lowest BCUT2D eigenvalue weighted by Crippen LogP contribution is -2.54. The molecule has 1 N–H and O–H groups in total. The Morgan fingerprint density at radius 1 is 1.28 bits per heavy atom. The van der Waals surface area contributed by atoms with Crippen LogP contribution in [0, 0.1) is 0 Å². The first-order chi connectivity index (χ1) is 8.63. The van der Waals surface area contributed by atoms with E-state index in [2.05, 4.69) is 50.1 Å². The summed E-state index contributed by atoms with van der Waals surface area (Å²) in [4.78, 5) is 6.57. The van der Waals surface area contributed by atoms with Crippen LogP contribution in [0.25, 0.3) is 5.65 Å². The number of nitrogens with zero attached hydrogens (tertiary/aromatic N) is 4. The van der Waals surface area contributed by atoms with Crippen molar-refractivity contribution in [2.24, 2.45) is 0 Å². The molecule has 3 heterocycles. The topological polar surface area (TPSA) is 45.5 Å². The maximum atomic E-state index is 4.63. The van der Waals surface area contributed by atoms with Gasteiger partial charge in [-0.25, -0.2) is 9.50 Å². The fourth-order valence-corrected chi connectivity index (χ4v) is 2.88. The van der Waals surface area contributed by atoms with Crippen LogP contribution in [0.15, 0.2) is 22.9 Å². The number of aromatic nitrogens is 3. The minimum Gasteiger partial charge on any atom is -0.352 e. The molecule has 18 heavy (non-hydrogen) atoms. The van der Waals surface area contributed by atoms with Crippen LogP contribution in [0.1, 0.15) is 13.8 Å². The van der Waals surface area contributed by atoms with Crippen molar-refractivity contribution in [3.8, 4) is 0 Å². The molecular weight excluding hydrogens is 294 g/mol. The lowest BCUT2D eigenvalue weighted by molar-refractivity contribution is 0.404. The van der Waals surface area contributed by atoms with E-state index in [9.17, 15) is 0 Å². The third-order valence-corrected chi connectivity index (χ3v) is 3.73. The first-order valence-electron chi connectivity index (χ1n) is 6.15. The minimum atomic E-state index is 0.484. The summed E-state index contributed by atoms with van der Waals surface area (Å²) in [6, 6.07) is 5.01. The van der Waals surface area contributed by atoms with Crippen molar-refractivity contribution >= 4 is 27.4 Å². The van der Waals surface area contributed by atoms with E-state index in [1.165, 1.54) is 0 Å². The van der Waals surface area contributed by atoms with Crippen molar-refractivity contribution in [1.29, 1.82) is 0 Å². The van der Waals surface area contributed by atoms with Crippen LogP contribution in [-0.4, -0.2) is 39.8 Å². The van der Waals surface area contributed by atoms with Gasteiger partial charge >= 0.3 is 0 Å². The summed E-state index contributed by atoms with van der Waals surface area (Å²) in [6.07, 6.45) is 1.77. The Hall–Kier alpha value is -1.14. The number of fused-ring (bicyclic) bond motifs is 1. The van der Waals surface area contributed by atoms with Gasteiger partial charge in [-0.1, -0.05) is 0 Å². The average molecular weight is 310 g/mol. The number of hydrogen-bond acceptors (Lipinski definition) is 4. The predicted octanol–water partition coefficient (Wildman–Crippen LogP) is 1.68. The van der Waals surface area contributed by atoms with Crippen LogP contribution < -0.4 is 10.2 Å². The summed E-state index contributed by atoms with van der Waals surface area (Å²) in [5, 5.41) is 8.16. The van der Waals surface area contributed by atoms with Crippen molar-refractivity contribution in [2.45, 2.75) is 25.9 Å². The van der Waals surface area contributed by atoms with Crippen LogP contribution >= 0.6 is 15.9 Å². The van der Waals surface area contributed by atoms with Gasteiger partial charge in [0.15, 0.2) is 5.65 Å². The molecule has 1 fully saturated rings. The number of piperazine rings is 1. The third kappa shape index (κ3) is 2.10. The smallest absolute Gasteiger partial charge is 0.154 e. The molecule has 0 radical (unpaired) electrons. The normalized spacial score (nSPS) is 24.7. The molecule has 0 bridgehead atoms. The van der Waals surface area contributed by atoms with Gasteiger partial charge in [0.25, 0.3) is 0 Å². The number of nitrogens with one attached hydrogen (secondary N) is 1. The summed E-state index contributed by atoms with van der Waals surface area (Å²) in [5.41, 5.74) is 0.863. The molecule has 0 aromatic carbocycles. The SMILES string of the molecule is C[C@@H]1CN(c2ccc3ncc(Br)n3n2)C[C@H](C)N1. The van der Waals surface area contributed by atoms with Gasteiger partial charge in [-0.15, -0.1) is 5.10 Å². The van der Waals surface area contributed by atoms with Gasteiger partial charge in [-0.3, -0.25) is 0 Å². The zero-order valence-corrected chi connectivity index (χ0v) is 12.1. The Labute approximate surface area is 114 Å². The van der Waals surface area contributed by atoms with E-state index in [4.69, 9.17) is 0 Å². The quantitative estimate of drug-likeness (QED) is 0.870. The van der Waals surface area contributed by atoms with E-state index in [1.807, 2.05) is 16.6 Å². The fourth-order valence-electron chi connectivity index (χ4n) is 2.52. The standard InChI is InChI=1S/C12H16BrN5/c1-8-6-17(7-9(2)15-8)12-4-3-11-14-5-10(13)18(11)16-12/h3-5,8-9,15H,6-7H2,1-2H3/t8-,9+. The second-order valence-electron chi connectivity index (χ2n) is 4.92. The lowest BCUT2D eigenvalue weighted by atomic mass is 10.1. The molecule has 2 aromatic heterocycles. The van der Waals surface area contributed by atoms with E-state index in [0.29, 0.717) is 12.1 Å². The van der Waals surface area contributed by atoms with Crippen LogP contribution in [0.4, 0.5) is 5.82 Å². The number of anilines is 1. The molecule has 0 saturated carbocycles. The van der Waals surface area contributed by atoms with E-state index < -0.39 is 0 Å². The minimum absolute atomic E-state index is 0.484. The summed E-state index contributed by atoms with van der Waals surface area (Å²) < 4.78 is 2.71. The molecule has 5 nitrogen and oxygen atoms in total. The van der Waals surface area contributed by atoms with Crippen LogP contribution in [0.3, 0.4) is 0 Å². The lowest BCUT2D eigenvalue weighted by Gasteiger charge is -2.36. The van der Waals surface area contributed by atoms with Gasteiger partial charge < -0.3 is 10.2 Å². The Balaban J connectivity index is 1.95. The Morgan fingerprint density at radius 2 is 2.00 bits per heavy atom. The summed E-state index contributed by atoms with van der Waals surface area (Å²) in [7, 11) is 0. The van der Waals surface area contributed by atoms with Gasteiger partial charge in [-0.05, 0) is 41.9 Å². The fraction of sp³-hybridized carbons (Fsp3) is 0.500. The second-order valence-corrected chi connectivity index (χ2v) is 5.73. The van der Waals surface area contributed by atoms with Gasteiger partial charge in [0, 0.05) is 25.2 Å². The monoisotopic (exact) mass is 309 g/mol. The molecule has 96 valence electrons. The molecule has 2 atom stereocenters. The molecular formula is C12H16BrN5. The second kappa shape index (κ2) is 4.51. The van der Waals surface area contributed by atoms with Gasteiger partial charge in [0.2, 0.25) is 0 Å². The van der Waals surface area contributed by atoms with Crippen molar-refractivity contribution < 1.29 is 0 Å². The number of hydrogen-bond donors (Lipinski definition) is 1. The molecule has 2 aromatic rings. The Bertz CT molecular complexity index is 557. The van der Waals surface area contributed by atoms with Crippen LogP contribution in [0.5, 0.6) is 0 Å². The average Bonchev–Trinajstić information content (AvgIpc) is 2.69. The van der Waals surface area contributed by atoms with E-state index in [0.717, 1.165) is 29.2 Å². The molecule has 1 aliphatic heterocycles. The van der Waals surface area contributed by atoms with E-state index >= 15 is 0 Å². The van der Waals surface area contributed by atoms with Gasteiger partial charge in [0.1, 0.15) is 10.4 Å². The van der Waals surface area contributed by atoms with Crippen molar-refractivity contribution in [3.05, 3.63) is 22.9 Å². The maximum Gasteiger partial charge on any atom is 0.154 e. The highest BCUT2D eigenvalue weighted by Gasteiger charge is 2.22. The zero-order valence-electron chi connectivity index (χ0n) is 10.5. The zero-order chi connectivity index (χ0) is 12.7. The number of rotatable bonds is 1. The number of imidazole rings is 1.